The fourth-order valence-corrected chi connectivity index (χ4v) is 2.45. The Hall–Kier alpha value is -2.08. The summed E-state index contributed by atoms with van der Waals surface area (Å²) < 4.78 is 5.38. The van der Waals surface area contributed by atoms with Crippen LogP contribution < -0.4 is 15.8 Å². The first-order valence-electron chi connectivity index (χ1n) is 6.24. The molecule has 1 atom stereocenters. The van der Waals surface area contributed by atoms with Crippen LogP contribution in [0, 0.1) is 6.92 Å². The van der Waals surface area contributed by atoms with E-state index in [1.165, 1.54) is 0 Å². The van der Waals surface area contributed by atoms with Gasteiger partial charge in [0.1, 0.15) is 10.8 Å². The maximum Gasteiger partial charge on any atom is 0.258 e. The Balaban J connectivity index is 1.83. The van der Waals surface area contributed by atoms with E-state index >= 15 is 0 Å². The van der Waals surface area contributed by atoms with Gasteiger partial charge in [0.05, 0.1) is 6.04 Å². The maximum atomic E-state index is 11.8. The Kier molecular flexibility index (Phi) is 4.57. The number of carbonyl (C=O) groups excluding carboxylic acids is 1. The molecule has 1 aromatic heterocycles. The minimum atomic E-state index is -0.187. The Bertz CT molecular complexity index is 598. The molecule has 1 amide bonds. The molecule has 0 saturated carbocycles. The summed E-state index contributed by atoms with van der Waals surface area (Å²) in [4.78, 5) is 17.2. The van der Waals surface area contributed by atoms with Crippen molar-refractivity contribution >= 4 is 22.9 Å². The summed E-state index contributed by atoms with van der Waals surface area (Å²) in [6.07, 6.45) is 1.80. The third-order valence-corrected chi connectivity index (χ3v) is 3.71. The summed E-state index contributed by atoms with van der Waals surface area (Å²) in [5, 5.41) is 3.74. The van der Waals surface area contributed by atoms with E-state index in [1.807, 2.05) is 13.8 Å². The maximum absolute atomic E-state index is 11.8. The van der Waals surface area contributed by atoms with E-state index in [2.05, 4.69) is 10.3 Å². The van der Waals surface area contributed by atoms with Crippen LogP contribution in [0.5, 0.6) is 5.75 Å². The molecule has 0 spiro atoms. The number of amides is 1. The highest BCUT2D eigenvalue weighted by Crippen LogP contribution is 2.19. The normalized spacial score (nSPS) is 11.9. The van der Waals surface area contributed by atoms with Gasteiger partial charge in [-0.05, 0) is 26.0 Å². The summed E-state index contributed by atoms with van der Waals surface area (Å²) in [6.45, 7) is 3.84. The van der Waals surface area contributed by atoms with Crippen LogP contribution in [0.15, 0.2) is 30.5 Å². The molecule has 6 heteroatoms. The van der Waals surface area contributed by atoms with Crippen molar-refractivity contribution in [2.75, 3.05) is 12.3 Å². The monoisotopic (exact) mass is 291 g/mol. The molecule has 5 nitrogen and oxygen atoms in total. The standard InChI is InChI=1S/C14H17N3O2S/c1-9-7-16-14(20-9)10(2)17-13(18)8-19-12-5-3-4-11(15)6-12/h3-7,10H,8,15H2,1-2H3,(H,17,18). The largest absolute Gasteiger partial charge is 0.484 e. The lowest BCUT2D eigenvalue weighted by atomic mass is 10.3. The number of aryl methyl sites for hydroxylation is 1. The number of ether oxygens (including phenoxy) is 1. The zero-order valence-electron chi connectivity index (χ0n) is 11.4. The zero-order valence-corrected chi connectivity index (χ0v) is 12.2. The van der Waals surface area contributed by atoms with Crippen molar-refractivity contribution in [3.63, 3.8) is 0 Å². The quantitative estimate of drug-likeness (QED) is 0.829. The first-order chi connectivity index (χ1) is 9.54. The number of hydrogen-bond acceptors (Lipinski definition) is 5. The smallest absolute Gasteiger partial charge is 0.258 e. The Morgan fingerprint density at radius 1 is 1.55 bits per heavy atom. The van der Waals surface area contributed by atoms with Crippen molar-refractivity contribution < 1.29 is 9.53 Å². The minimum Gasteiger partial charge on any atom is -0.484 e. The van der Waals surface area contributed by atoms with Gasteiger partial charge in [-0.15, -0.1) is 11.3 Å². The molecule has 3 N–H and O–H groups in total. The van der Waals surface area contributed by atoms with E-state index < -0.39 is 0 Å². The van der Waals surface area contributed by atoms with Gasteiger partial charge in [0.25, 0.3) is 5.91 Å². The van der Waals surface area contributed by atoms with Gasteiger partial charge < -0.3 is 15.8 Å². The van der Waals surface area contributed by atoms with Crippen LogP contribution in [0.1, 0.15) is 22.9 Å². The van der Waals surface area contributed by atoms with E-state index in [1.54, 1.807) is 41.8 Å². The molecule has 1 aromatic carbocycles. The van der Waals surface area contributed by atoms with Crippen molar-refractivity contribution in [2.24, 2.45) is 0 Å². The Morgan fingerprint density at radius 2 is 2.35 bits per heavy atom. The number of nitrogens with two attached hydrogens (primary N) is 1. The predicted molar refractivity (Wildman–Crippen MR) is 79.8 cm³/mol. The average Bonchev–Trinajstić information content (AvgIpc) is 2.83. The van der Waals surface area contributed by atoms with Crippen molar-refractivity contribution in [3.05, 3.63) is 40.3 Å². The molecule has 20 heavy (non-hydrogen) atoms. The van der Waals surface area contributed by atoms with E-state index in [0.717, 1.165) is 9.88 Å². The first-order valence-corrected chi connectivity index (χ1v) is 7.06. The zero-order chi connectivity index (χ0) is 14.5. The number of thiazole rings is 1. The van der Waals surface area contributed by atoms with Crippen LogP contribution in [0.25, 0.3) is 0 Å². The molecule has 2 rings (SSSR count). The van der Waals surface area contributed by atoms with Gasteiger partial charge in [0.2, 0.25) is 0 Å². The SMILES string of the molecule is Cc1cnc(C(C)NC(=O)COc2cccc(N)c2)s1. The molecular formula is C14H17N3O2S. The van der Waals surface area contributed by atoms with Crippen LogP contribution in [-0.4, -0.2) is 17.5 Å². The Morgan fingerprint density at radius 3 is 3.00 bits per heavy atom. The van der Waals surface area contributed by atoms with E-state index in [0.29, 0.717) is 11.4 Å². The lowest BCUT2D eigenvalue weighted by molar-refractivity contribution is -0.123. The fourth-order valence-electron chi connectivity index (χ4n) is 1.67. The van der Waals surface area contributed by atoms with Crippen molar-refractivity contribution in [1.82, 2.24) is 10.3 Å². The fraction of sp³-hybridized carbons (Fsp3) is 0.286. The van der Waals surface area contributed by atoms with E-state index in [-0.39, 0.29) is 18.6 Å². The predicted octanol–water partition coefficient (Wildman–Crippen LogP) is 2.29. The molecule has 0 aliphatic rings. The topological polar surface area (TPSA) is 77.2 Å². The van der Waals surface area contributed by atoms with Gasteiger partial charge >= 0.3 is 0 Å². The molecule has 0 aliphatic heterocycles. The first kappa shape index (κ1) is 14.3. The lowest BCUT2D eigenvalue weighted by Gasteiger charge is -2.12. The molecule has 0 radical (unpaired) electrons. The minimum absolute atomic E-state index is 0.0435. The molecule has 106 valence electrons. The Labute approximate surface area is 121 Å². The third-order valence-electron chi connectivity index (χ3n) is 2.62. The summed E-state index contributed by atoms with van der Waals surface area (Å²) in [6, 6.07) is 6.87. The van der Waals surface area contributed by atoms with Crippen molar-refractivity contribution in [3.8, 4) is 5.75 Å². The summed E-state index contributed by atoms with van der Waals surface area (Å²) >= 11 is 1.57. The van der Waals surface area contributed by atoms with Crippen molar-refractivity contribution in [2.45, 2.75) is 19.9 Å². The van der Waals surface area contributed by atoms with Crippen molar-refractivity contribution in [1.29, 1.82) is 0 Å². The molecule has 0 aliphatic carbocycles. The molecule has 1 heterocycles. The second-order valence-corrected chi connectivity index (χ2v) is 5.73. The summed E-state index contributed by atoms with van der Waals surface area (Å²) in [5.74, 6) is 0.394. The van der Waals surface area contributed by atoms with E-state index in [4.69, 9.17) is 10.5 Å². The van der Waals surface area contributed by atoms with Gasteiger partial charge in [-0.1, -0.05) is 6.07 Å². The number of benzene rings is 1. The summed E-state index contributed by atoms with van der Waals surface area (Å²) in [7, 11) is 0. The highest BCUT2D eigenvalue weighted by atomic mass is 32.1. The number of rotatable bonds is 5. The number of nitrogens with zero attached hydrogens (tertiary/aromatic N) is 1. The molecule has 1 unspecified atom stereocenters. The van der Waals surface area contributed by atoms with Gasteiger partial charge in [-0.2, -0.15) is 0 Å². The van der Waals surface area contributed by atoms with Crippen LogP contribution in [0.4, 0.5) is 5.69 Å². The van der Waals surface area contributed by atoms with Gasteiger partial charge in [0, 0.05) is 22.8 Å². The third kappa shape index (κ3) is 3.96. The lowest BCUT2D eigenvalue weighted by Crippen LogP contribution is -2.31. The highest BCUT2D eigenvalue weighted by molar-refractivity contribution is 7.11. The molecule has 0 fully saturated rings. The number of nitrogen functional groups attached to an aromatic ring is 1. The van der Waals surface area contributed by atoms with Crippen LogP contribution in [-0.2, 0) is 4.79 Å². The average molecular weight is 291 g/mol. The van der Waals surface area contributed by atoms with Gasteiger partial charge in [-0.3, -0.25) is 4.79 Å². The number of anilines is 1. The second kappa shape index (κ2) is 6.38. The number of aromatic nitrogens is 1. The number of nitrogens with one attached hydrogen (secondary N) is 1. The van der Waals surface area contributed by atoms with E-state index in [9.17, 15) is 4.79 Å². The molecular weight excluding hydrogens is 274 g/mol. The molecule has 0 bridgehead atoms. The van der Waals surface area contributed by atoms with Gasteiger partial charge in [-0.25, -0.2) is 4.98 Å². The van der Waals surface area contributed by atoms with Crippen LogP contribution in [0.3, 0.4) is 0 Å². The van der Waals surface area contributed by atoms with Gasteiger partial charge in [0.15, 0.2) is 6.61 Å². The van der Waals surface area contributed by atoms with Crippen LogP contribution in [0.2, 0.25) is 0 Å². The summed E-state index contributed by atoms with van der Waals surface area (Å²) in [5.41, 5.74) is 6.24. The van der Waals surface area contributed by atoms with Crippen LogP contribution >= 0.6 is 11.3 Å². The second-order valence-electron chi connectivity index (χ2n) is 4.46. The molecule has 0 saturated heterocycles. The highest BCUT2D eigenvalue weighted by Gasteiger charge is 2.13. The molecule has 2 aromatic rings. The number of carbonyl (C=O) groups is 1. The number of hydrogen-bond donors (Lipinski definition) is 2.